The monoisotopic (exact) mass is 312 g/mol. The molecule has 0 saturated heterocycles. The van der Waals surface area contributed by atoms with Gasteiger partial charge in [-0.15, -0.1) is 0 Å². The van der Waals surface area contributed by atoms with E-state index in [2.05, 4.69) is 34.6 Å². The van der Waals surface area contributed by atoms with Crippen LogP contribution in [0, 0.1) is 23.7 Å². The van der Waals surface area contributed by atoms with Crippen molar-refractivity contribution in [2.75, 3.05) is 0 Å². The molecule has 0 saturated carbocycles. The lowest BCUT2D eigenvalue weighted by atomic mass is 9.91. The fourth-order valence-corrected chi connectivity index (χ4v) is 3.19. The minimum absolute atomic E-state index is 0.322. The van der Waals surface area contributed by atoms with Crippen LogP contribution in [0.25, 0.3) is 0 Å². The molecule has 0 aliphatic heterocycles. The quantitative estimate of drug-likeness (QED) is 0.395. The van der Waals surface area contributed by atoms with E-state index in [-0.39, 0.29) is 0 Å². The van der Waals surface area contributed by atoms with Crippen molar-refractivity contribution in [1.82, 2.24) is 0 Å². The lowest BCUT2D eigenvalue weighted by Gasteiger charge is -2.15. The minimum Gasteiger partial charge on any atom is -0.481 e. The van der Waals surface area contributed by atoms with Crippen molar-refractivity contribution in [2.45, 2.75) is 98.8 Å². The largest absolute Gasteiger partial charge is 0.481 e. The highest BCUT2D eigenvalue weighted by Crippen LogP contribution is 2.22. The molecule has 0 aromatic carbocycles. The van der Waals surface area contributed by atoms with Crippen molar-refractivity contribution in [3.63, 3.8) is 0 Å². The second-order valence-electron chi connectivity index (χ2n) is 8.10. The topological polar surface area (TPSA) is 37.3 Å². The minimum atomic E-state index is -0.660. The molecule has 0 heterocycles. The molecule has 0 unspecified atom stereocenters. The van der Waals surface area contributed by atoms with Crippen LogP contribution in [0.15, 0.2) is 0 Å². The lowest BCUT2D eigenvalue weighted by Crippen LogP contribution is -2.05. The van der Waals surface area contributed by atoms with Crippen molar-refractivity contribution in [3.8, 4) is 0 Å². The van der Waals surface area contributed by atoms with Crippen molar-refractivity contribution in [1.29, 1.82) is 0 Å². The highest BCUT2D eigenvalue weighted by atomic mass is 16.4. The molecule has 0 rings (SSSR count). The van der Waals surface area contributed by atoms with Crippen LogP contribution in [0.1, 0.15) is 98.8 Å². The van der Waals surface area contributed by atoms with E-state index in [0.717, 1.165) is 24.2 Å². The number of carbonyl (C=O) groups is 1. The maximum absolute atomic E-state index is 10.6. The van der Waals surface area contributed by atoms with Gasteiger partial charge in [-0.1, -0.05) is 92.4 Å². The van der Waals surface area contributed by atoms with Crippen molar-refractivity contribution >= 4 is 5.97 Å². The van der Waals surface area contributed by atoms with E-state index in [4.69, 9.17) is 5.11 Å². The average molecular weight is 313 g/mol. The van der Waals surface area contributed by atoms with E-state index in [1.54, 1.807) is 0 Å². The van der Waals surface area contributed by atoms with Crippen molar-refractivity contribution in [2.24, 2.45) is 23.7 Å². The summed E-state index contributed by atoms with van der Waals surface area (Å²) in [5, 5.41) is 8.75. The Kier molecular flexibility index (Phi) is 12.6. The lowest BCUT2D eigenvalue weighted by molar-refractivity contribution is -0.138. The molecule has 3 atom stereocenters. The molecule has 1 N–H and O–H groups in total. The zero-order valence-electron chi connectivity index (χ0n) is 15.7. The zero-order valence-corrected chi connectivity index (χ0v) is 15.7. The second-order valence-corrected chi connectivity index (χ2v) is 8.10. The van der Waals surface area contributed by atoms with Crippen molar-refractivity contribution < 1.29 is 9.90 Å². The fourth-order valence-electron chi connectivity index (χ4n) is 3.19. The number of rotatable bonds is 14. The van der Waals surface area contributed by atoms with Gasteiger partial charge in [0.25, 0.3) is 0 Å². The molecule has 0 spiro atoms. The van der Waals surface area contributed by atoms with Gasteiger partial charge in [0.1, 0.15) is 0 Å². The molecule has 0 aromatic heterocycles. The van der Waals surface area contributed by atoms with E-state index in [1.807, 2.05) is 0 Å². The van der Waals surface area contributed by atoms with Gasteiger partial charge >= 0.3 is 5.97 Å². The van der Waals surface area contributed by atoms with Crippen LogP contribution in [0.3, 0.4) is 0 Å². The predicted octanol–water partition coefficient (Wildman–Crippen LogP) is 6.54. The second kappa shape index (κ2) is 13.0. The third-order valence-corrected chi connectivity index (χ3v) is 4.79. The molecule has 2 heteroatoms. The van der Waals surface area contributed by atoms with Crippen LogP contribution in [0.2, 0.25) is 0 Å². The van der Waals surface area contributed by atoms with E-state index in [9.17, 15) is 4.79 Å². The summed E-state index contributed by atoms with van der Waals surface area (Å²) < 4.78 is 0. The molecule has 0 fully saturated rings. The van der Waals surface area contributed by atoms with Crippen molar-refractivity contribution in [3.05, 3.63) is 0 Å². The SMILES string of the molecule is CC(C)CCC[C@H](C)CCC[C@@H](C)CCC[C@H](C)CC(=O)O. The molecular weight excluding hydrogens is 272 g/mol. The summed E-state index contributed by atoms with van der Waals surface area (Å²) in [5.74, 6) is 2.18. The molecule has 22 heavy (non-hydrogen) atoms. The molecule has 0 amide bonds. The van der Waals surface area contributed by atoms with Crippen LogP contribution >= 0.6 is 0 Å². The average Bonchev–Trinajstić information content (AvgIpc) is 2.37. The van der Waals surface area contributed by atoms with Gasteiger partial charge in [0.05, 0.1) is 0 Å². The van der Waals surface area contributed by atoms with Gasteiger partial charge in [0.2, 0.25) is 0 Å². The standard InChI is InChI=1S/C20H40O2/c1-16(2)9-6-10-17(3)11-7-12-18(4)13-8-14-19(5)15-20(21)22/h16-19H,6-15H2,1-5H3,(H,21,22)/t17-,18+,19-/m0/s1. The summed E-state index contributed by atoms with van der Waals surface area (Å²) in [5.41, 5.74) is 0. The van der Waals surface area contributed by atoms with Gasteiger partial charge in [-0.2, -0.15) is 0 Å². The molecule has 0 aliphatic rings. The van der Waals surface area contributed by atoms with Crippen LogP contribution in [0.5, 0.6) is 0 Å². The molecule has 132 valence electrons. The Morgan fingerprint density at radius 1 is 0.682 bits per heavy atom. The number of hydrogen-bond donors (Lipinski definition) is 1. The predicted molar refractivity (Wildman–Crippen MR) is 96.1 cm³/mol. The molecule has 2 nitrogen and oxygen atoms in total. The van der Waals surface area contributed by atoms with Gasteiger partial charge in [0.15, 0.2) is 0 Å². The maximum atomic E-state index is 10.6. The maximum Gasteiger partial charge on any atom is 0.303 e. The normalized spacial score (nSPS) is 15.7. The van der Waals surface area contributed by atoms with Gasteiger partial charge in [0, 0.05) is 6.42 Å². The number of carboxylic acid groups (broad SMARTS) is 1. The number of aliphatic carboxylic acids is 1. The zero-order chi connectivity index (χ0) is 17.0. The van der Waals surface area contributed by atoms with Gasteiger partial charge in [-0.3, -0.25) is 4.79 Å². The van der Waals surface area contributed by atoms with Gasteiger partial charge in [-0.25, -0.2) is 0 Å². The highest BCUT2D eigenvalue weighted by molar-refractivity contribution is 5.66. The smallest absolute Gasteiger partial charge is 0.303 e. The third kappa shape index (κ3) is 14.4. The van der Waals surface area contributed by atoms with Gasteiger partial charge in [-0.05, 0) is 23.7 Å². The Morgan fingerprint density at radius 2 is 1.05 bits per heavy atom. The Balaban J connectivity index is 3.52. The summed E-state index contributed by atoms with van der Waals surface area (Å²) in [4.78, 5) is 10.6. The number of carboxylic acids is 1. The number of hydrogen-bond acceptors (Lipinski definition) is 1. The summed E-state index contributed by atoms with van der Waals surface area (Å²) >= 11 is 0. The summed E-state index contributed by atoms with van der Waals surface area (Å²) in [7, 11) is 0. The first-order chi connectivity index (χ1) is 10.3. The van der Waals surface area contributed by atoms with Crippen LogP contribution in [-0.2, 0) is 4.79 Å². The van der Waals surface area contributed by atoms with E-state index >= 15 is 0 Å². The molecule has 0 bridgehead atoms. The van der Waals surface area contributed by atoms with Gasteiger partial charge < -0.3 is 5.11 Å². The Bertz CT molecular complexity index is 273. The first kappa shape index (κ1) is 21.5. The third-order valence-electron chi connectivity index (χ3n) is 4.79. The molecule has 0 aliphatic carbocycles. The van der Waals surface area contributed by atoms with E-state index in [0.29, 0.717) is 12.3 Å². The van der Waals surface area contributed by atoms with Crippen LogP contribution in [0.4, 0.5) is 0 Å². The first-order valence-corrected chi connectivity index (χ1v) is 9.53. The van der Waals surface area contributed by atoms with Crippen LogP contribution < -0.4 is 0 Å². The Morgan fingerprint density at radius 3 is 1.41 bits per heavy atom. The van der Waals surface area contributed by atoms with Crippen LogP contribution in [-0.4, -0.2) is 11.1 Å². The van der Waals surface area contributed by atoms with E-state index in [1.165, 1.54) is 51.4 Å². The summed E-state index contributed by atoms with van der Waals surface area (Å²) in [6, 6.07) is 0. The molecular formula is C20H40O2. The molecule has 0 aromatic rings. The van der Waals surface area contributed by atoms with E-state index < -0.39 is 5.97 Å². The fraction of sp³-hybridized carbons (Fsp3) is 0.950. The Hall–Kier alpha value is -0.530. The summed E-state index contributed by atoms with van der Waals surface area (Å²) in [6.45, 7) is 11.4. The summed E-state index contributed by atoms with van der Waals surface area (Å²) in [6.07, 6.45) is 12.0. The molecule has 0 radical (unpaired) electrons. The highest BCUT2D eigenvalue weighted by Gasteiger charge is 2.09. The Labute approximate surface area is 139 Å². The first-order valence-electron chi connectivity index (χ1n) is 9.53.